The fourth-order valence-electron chi connectivity index (χ4n) is 2.58. The van der Waals surface area contributed by atoms with Gasteiger partial charge in [0.05, 0.1) is 27.4 Å². The van der Waals surface area contributed by atoms with Gasteiger partial charge in [-0.15, -0.1) is 0 Å². The lowest BCUT2D eigenvalue weighted by Gasteiger charge is -2.14. The van der Waals surface area contributed by atoms with Gasteiger partial charge < -0.3 is 10.4 Å². The molecule has 0 bridgehead atoms. The van der Waals surface area contributed by atoms with Crippen molar-refractivity contribution in [1.29, 1.82) is 0 Å². The third-order valence-electron chi connectivity index (χ3n) is 4.00. The van der Waals surface area contributed by atoms with Crippen molar-refractivity contribution < 1.29 is 23.1 Å². The number of carbonyl (C=O) groups is 2. The summed E-state index contributed by atoms with van der Waals surface area (Å²) < 4.78 is 27.7. The van der Waals surface area contributed by atoms with Crippen molar-refractivity contribution in [2.24, 2.45) is 0 Å². The topological polar surface area (TPSA) is 113 Å². The Bertz CT molecular complexity index is 1230. The van der Waals surface area contributed by atoms with Crippen molar-refractivity contribution in [3.63, 3.8) is 0 Å². The van der Waals surface area contributed by atoms with Gasteiger partial charge in [-0.25, -0.2) is 13.2 Å². The van der Waals surface area contributed by atoms with Crippen LogP contribution in [0.2, 0.25) is 10.0 Å². The Balaban J connectivity index is 1.95. The van der Waals surface area contributed by atoms with Crippen molar-refractivity contribution >= 4 is 56.5 Å². The van der Waals surface area contributed by atoms with Gasteiger partial charge in [0.15, 0.2) is 0 Å². The minimum absolute atomic E-state index is 0.0281. The number of halogens is 2. The molecular formula is C20H14Cl2N2O5S. The Labute approximate surface area is 182 Å². The predicted molar refractivity (Wildman–Crippen MR) is 115 cm³/mol. The first-order valence-corrected chi connectivity index (χ1v) is 10.6. The summed E-state index contributed by atoms with van der Waals surface area (Å²) in [5.41, 5.74) is -0.169. The number of carboxylic acid groups (broad SMARTS) is 1. The SMILES string of the molecule is O=C(O)c1ccccc1NC(=O)c1cc(Cl)ccc1NS(=O)(=O)c1ccc(Cl)cc1. The van der Waals surface area contributed by atoms with Gasteiger partial charge in [0, 0.05) is 10.0 Å². The van der Waals surface area contributed by atoms with Gasteiger partial charge in [-0.2, -0.15) is 0 Å². The molecule has 0 spiro atoms. The molecule has 0 atom stereocenters. The van der Waals surface area contributed by atoms with Crippen molar-refractivity contribution in [3.05, 3.63) is 87.9 Å². The summed E-state index contributed by atoms with van der Waals surface area (Å²) in [5.74, 6) is -1.96. The van der Waals surface area contributed by atoms with Gasteiger partial charge in [-0.05, 0) is 54.6 Å². The maximum atomic E-state index is 12.8. The second kappa shape index (κ2) is 8.74. The van der Waals surface area contributed by atoms with Crippen LogP contribution >= 0.6 is 23.2 Å². The molecule has 0 aliphatic rings. The number of aromatic carboxylic acids is 1. The zero-order chi connectivity index (χ0) is 21.9. The molecule has 1 amide bonds. The molecule has 0 unspecified atom stereocenters. The fraction of sp³-hybridized carbons (Fsp3) is 0. The number of carbonyl (C=O) groups excluding carboxylic acids is 1. The fourth-order valence-corrected chi connectivity index (χ4v) is 3.96. The first-order valence-electron chi connectivity index (χ1n) is 8.39. The lowest BCUT2D eigenvalue weighted by atomic mass is 10.1. The quantitative estimate of drug-likeness (QED) is 0.487. The minimum Gasteiger partial charge on any atom is -0.478 e. The van der Waals surface area contributed by atoms with E-state index >= 15 is 0 Å². The average molecular weight is 465 g/mol. The number of para-hydroxylation sites is 1. The molecule has 0 saturated carbocycles. The number of benzene rings is 3. The Morgan fingerprint density at radius 3 is 2.10 bits per heavy atom. The summed E-state index contributed by atoms with van der Waals surface area (Å²) in [6.45, 7) is 0. The molecule has 154 valence electrons. The van der Waals surface area contributed by atoms with Crippen LogP contribution in [0.3, 0.4) is 0 Å². The van der Waals surface area contributed by atoms with E-state index in [9.17, 15) is 23.1 Å². The van der Waals surface area contributed by atoms with Gasteiger partial charge in [-0.1, -0.05) is 35.3 Å². The monoisotopic (exact) mass is 464 g/mol. The third-order valence-corrected chi connectivity index (χ3v) is 5.87. The highest BCUT2D eigenvalue weighted by Crippen LogP contribution is 2.26. The smallest absolute Gasteiger partial charge is 0.337 e. The molecule has 10 heteroatoms. The standard InChI is InChI=1S/C20H14Cl2N2O5S/c21-12-5-8-14(9-6-12)30(28,29)24-18-10-7-13(22)11-16(18)19(25)23-17-4-2-1-3-15(17)20(26)27/h1-11,24H,(H,23,25)(H,26,27). The summed E-state index contributed by atoms with van der Waals surface area (Å²) in [6, 6.07) is 15.4. The largest absolute Gasteiger partial charge is 0.478 e. The Morgan fingerprint density at radius 1 is 0.800 bits per heavy atom. The van der Waals surface area contributed by atoms with Crippen LogP contribution in [-0.4, -0.2) is 25.4 Å². The van der Waals surface area contributed by atoms with Crippen molar-refractivity contribution in [2.75, 3.05) is 10.0 Å². The minimum atomic E-state index is -4.02. The number of nitrogens with one attached hydrogen (secondary N) is 2. The summed E-state index contributed by atoms with van der Waals surface area (Å²) in [7, 11) is -4.02. The number of sulfonamides is 1. The van der Waals surface area contributed by atoms with Gasteiger partial charge in [0.1, 0.15) is 0 Å². The number of amides is 1. The molecule has 0 saturated heterocycles. The van der Waals surface area contributed by atoms with E-state index in [4.69, 9.17) is 23.2 Å². The van der Waals surface area contributed by atoms with E-state index in [2.05, 4.69) is 10.0 Å². The number of anilines is 2. The van der Waals surface area contributed by atoms with Gasteiger partial charge >= 0.3 is 5.97 Å². The number of carboxylic acids is 1. The highest BCUT2D eigenvalue weighted by molar-refractivity contribution is 7.92. The van der Waals surface area contributed by atoms with Gasteiger partial charge in [-0.3, -0.25) is 9.52 Å². The highest BCUT2D eigenvalue weighted by atomic mass is 35.5. The Kier molecular flexibility index (Phi) is 6.31. The Hall–Kier alpha value is -3.07. The van der Waals surface area contributed by atoms with Gasteiger partial charge in [0.25, 0.3) is 15.9 Å². The molecule has 0 fully saturated rings. The van der Waals surface area contributed by atoms with E-state index in [0.29, 0.717) is 5.02 Å². The van der Waals surface area contributed by atoms with Crippen molar-refractivity contribution in [2.45, 2.75) is 4.90 Å². The van der Waals surface area contributed by atoms with Gasteiger partial charge in [0.2, 0.25) is 0 Å². The summed E-state index contributed by atoms with van der Waals surface area (Å²) >= 11 is 11.8. The molecule has 0 radical (unpaired) electrons. The number of rotatable bonds is 6. The van der Waals surface area contributed by atoms with Crippen molar-refractivity contribution in [3.8, 4) is 0 Å². The van der Waals surface area contributed by atoms with Crippen LogP contribution in [0.1, 0.15) is 20.7 Å². The van der Waals surface area contributed by atoms with Crippen LogP contribution in [-0.2, 0) is 10.0 Å². The molecular weight excluding hydrogens is 451 g/mol. The van der Waals surface area contributed by atoms with E-state index in [-0.39, 0.29) is 32.4 Å². The maximum absolute atomic E-state index is 12.8. The van der Waals surface area contributed by atoms with E-state index in [1.807, 2.05) is 0 Å². The molecule has 30 heavy (non-hydrogen) atoms. The van der Waals surface area contributed by atoms with Crippen LogP contribution in [0.15, 0.2) is 71.6 Å². The average Bonchev–Trinajstić information content (AvgIpc) is 2.69. The summed E-state index contributed by atoms with van der Waals surface area (Å²) in [6.07, 6.45) is 0. The number of hydrogen-bond donors (Lipinski definition) is 3. The van der Waals surface area contributed by atoms with Crippen LogP contribution in [0.5, 0.6) is 0 Å². The summed E-state index contributed by atoms with van der Waals surface area (Å²) in [4.78, 5) is 24.1. The van der Waals surface area contributed by atoms with Crippen molar-refractivity contribution in [1.82, 2.24) is 0 Å². The molecule has 3 N–H and O–H groups in total. The normalized spacial score (nSPS) is 11.0. The molecule has 0 aliphatic heterocycles. The van der Waals surface area contributed by atoms with Crippen LogP contribution in [0.4, 0.5) is 11.4 Å². The molecule has 7 nitrogen and oxygen atoms in total. The van der Waals surface area contributed by atoms with E-state index in [1.54, 1.807) is 6.07 Å². The van der Waals surface area contributed by atoms with Crippen LogP contribution in [0, 0.1) is 0 Å². The number of hydrogen-bond acceptors (Lipinski definition) is 4. The molecule has 3 aromatic carbocycles. The third kappa shape index (κ3) is 4.91. The zero-order valence-corrected chi connectivity index (χ0v) is 17.4. The highest BCUT2D eigenvalue weighted by Gasteiger charge is 2.20. The second-order valence-electron chi connectivity index (χ2n) is 6.05. The second-order valence-corrected chi connectivity index (χ2v) is 8.61. The first-order chi connectivity index (χ1) is 14.2. The van der Waals surface area contributed by atoms with E-state index < -0.39 is 21.9 Å². The van der Waals surface area contributed by atoms with E-state index in [0.717, 1.165) is 0 Å². The molecule has 3 rings (SSSR count). The molecule has 0 aliphatic carbocycles. The van der Waals surface area contributed by atoms with E-state index in [1.165, 1.54) is 60.7 Å². The molecule has 0 aromatic heterocycles. The molecule has 0 heterocycles. The maximum Gasteiger partial charge on any atom is 0.337 e. The Morgan fingerprint density at radius 2 is 1.43 bits per heavy atom. The molecule has 3 aromatic rings. The lowest BCUT2D eigenvalue weighted by Crippen LogP contribution is -2.19. The lowest BCUT2D eigenvalue weighted by molar-refractivity contribution is 0.0698. The predicted octanol–water partition coefficient (Wildman–Crippen LogP) is 4.74. The van der Waals surface area contributed by atoms with Crippen LogP contribution < -0.4 is 10.0 Å². The zero-order valence-electron chi connectivity index (χ0n) is 15.1. The first kappa shape index (κ1) is 21.6. The summed E-state index contributed by atoms with van der Waals surface area (Å²) in [5, 5.41) is 12.3. The van der Waals surface area contributed by atoms with Crippen LogP contribution in [0.25, 0.3) is 0 Å².